The van der Waals surface area contributed by atoms with Gasteiger partial charge in [-0.05, 0) is 0 Å². The molecule has 0 fully saturated rings. The second-order valence-corrected chi connectivity index (χ2v) is 12.6. The molecule has 0 atom stereocenters. The predicted molar refractivity (Wildman–Crippen MR) is 87.4 cm³/mol. The van der Waals surface area contributed by atoms with Crippen molar-refractivity contribution >= 4 is 36.3 Å². The number of halogens is 2. The summed E-state index contributed by atoms with van der Waals surface area (Å²) in [4.78, 5) is 11.2. The fourth-order valence-corrected chi connectivity index (χ4v) is 6.59. The van der Waals surface area contributed by atoms with Gasteiger partial charge in [0.1, 0.15) is 0 Å². The van der Waals surface area contributed by atoms with Crippen LogP contribution in [-0.2, 0) is 9.53 Å². The summed E-state index contributed by atoms with van der Waals surface area (Å²) in [6.45, 7) is 7.58. The zero-order valence-corrected chi connectivity index (χ0v) is 14.8. The molecule has 1 aromatic rings. The van der Waals surface area contributed by atoms with Gasteiger partial charge < -0.3 is 0 Å². The van der Waals surface area contributed by atoms with E-state index in [-0.39, 0.29) is 11.4 Å². The second kappa shape index (κ2) is 6.70. The van der Waals surface area contributed by atoms with Crippen LogP contribution < -0.4 is 0 Å². The number of esters is 1. The Hall–Kier alpha value is -0.360. The Labute approximate surface area is 122 Å². The van der Waals surface area contributed by atoms with Gasteiger partial charge >= 0.3 is 123 Å². The third-order valence-electron chi connectivity index (χ3n) is 2.13. The first kappa shape index (κ1) is 15.7. The van der Waals surface area contributed by atoms with Crippen molar-refractivity contribution in [3.63, 3.8) is 0 Å². The van der Waals surface area contributed by atoms with Gasteiger partial charge in [-0.25, -0.2) is 0 Å². The van der Waals surface area contributed by atoms with Crippen molar-refractivity contribution in [1.29, 1.82) is 0 Å². The van der Waals surface area contributed by atoms with Gasteiger partial charge in [-0.15, -0.1) is 0 Å². The predicted octanol–water partition coefficient (Wildman–Crippen LogP) is 5.12. The first-order valence-electron chi connectivity index (χ1n) is 5.61. The summed E-state index contributed by atoms with van der Waals surface area (Å²) < 4.78 is 8.72. The minimum absolute atomic E-state index is 0.163. The normalized spacial score (nSPS) is 13.2. The molecule has 0 aliphatic heterocycles. The number of hydrogen-bond acceptors (Lipinski definition) is 2. The topological polar surface area (TPSA) is 26.3 Å². The molecule has 0 heterocycles. The SMILES string of the molecule is CC(=O)O/C(=C/I(Br)c1ccccc1)C(C)(C)C. The monoisotopic (exact) mass is 424 g/mol. The number of rotatable bonds is 3. The van der Waals surface area contributed by atoms with Crippen LogP contribution in [0.3, 0.4) is 0 Å². The van der Waals surface area contributed by atoms with Crippen molar-refractivity contribution in [2.45, 2.75) is 27.7 Å². The first-order valence-corrected chi connectivity index (χ1v) is 12.8. The third-order valence-corrected chi connectivity index (χ3v) is 8.63. The van der Waals surface area contributed by atoms with Crippen LogP contribution in [0.1, 0.15) is 27.7 Å². The molecule has 0 bridgehead atoms. The summed E-state index contributed by atoms with van der Waals surface area (Å²) >= 11 is 2.17. The zero-order chi connectivity index (χ0) is 13.8. The molecule has 0 radical (unpaired) electrons. The fourth-order valence-electron chi connectivity index (χ4n) is 1.18. The third kappa shape index (κ3) is 5.10. The van der Waals surface area contributed by atoms with Crippen LogP contribution in [0.25, 0.3) is 0 Å². The number of ether oxygens (including phenoxy) is 1. The standard InChI is InChI=1S/C14H18BrIO2/c1-11(17)18-13(14(2,3)4)10-16(15)12-8-6-5-7-9-12/h5-10H,1-4H3/b13-10+. The number of carbonyl (C=O) groups excluding carboxylic acids is 1. The molecule has 0 saturated carbocycles. The first-order chi connectivity index (χ1) is 8.30. The molecule has 0 N–H and O–H groups in total. The van der Waals surface area contributed by atoms with E-state index in [1.165, 1.54) is 10.5 Å². The zero-order valence-electron chi connectivity index (χ0n) is 11.0. The maximum atomic E-state index is 11.2. The molecular weight excluding hydrogens is 407 g/mol. The van der Waals surface area contributed by atoms with Crippen LogP contribution in [0.5, 0.6) is 0 Å². The van der Waals surface area contributed by atoms with Gasteiger partial charge in [0.25, 0.3) is 0 Å². The van der Waals surface area contributed by atoms with Gasteiger partial charge in [-0.3, -0.25) is 0 Å². The van der Waals surface area contributed by atoms with E-state index >= 15 is 0 Å². The Kier molecular flexibility index (Phi) is 5.85. The van der Waals surface area contributed by atoms with E-state index in [1.54, 1.807) is 0 Å². The van der Waals surface area contributed by atoms with E-state index in [4.69, 9.17) is 4.74 Å². The van der Waals surface area contributed by atoms with Crippen LogP contribution in [0.4, 0.5) is 0 Å². The van der Waals surface area contributed by atoms with Crippen molar-refractivity contribution < 1.29 is 9.53 Å². The van der Waals surface area contributed by atoms with Crippen LogP contribution in [0, 0.1) is 8.99 Å². The number of carbonyl (C=O) groups is 1. The molecule has 2 nitrogen and oxygen atoms in total. The quantitative estimate of drug-likeness (QED) is 0.382. The summed E-state index contributed by atoms with van der Waals surface area (Å²) in [6.07, 6.45) is 0. The van der Waals surface area contributed by atoms with Crippen LogP contribution >= 0.6 is 30.3 Å². The van der Waals surface area contributed by atoms with Gasteiger partial charge in [-0.2, -0.15) is 0 Å². The van der Waals surface area contributed by atoms with E-state index in [9.17, 15) is 4.79 Å². The molecular formula is C14H18BrIO2. The molecule has 0 aromatic heterocycles. The molecule has 0 spiro atoms. The minimum atomic E-state index is -1.59. The van der Waals surface area contributed by atoms with Crippen molar-refractivity contribution in [3.05, 3.63) is 43.7 Å². The number of allylic oxidation sites excluding steroid dienone is 1. The van der Waals surface area contributed by atoms with Crippen molar-refractivity contribution in [1.82, 2.24) is 0 Å². The van der Waals surface area contributed by atoms with Crippen molar-refractivity contribution in [3.8, 4) is 0 Å². The Bertz CT molecular complexity index is 435. The average Bonchev–Trinajstić information content (AvgIpc) is 2.27. The van der Waals surface area contributed by atoms with Crippen molar-refractivity contribution in [2.75, 3.05) is 0 Å². The molecule has 4 heteroatoms. The Balaban J connectivity index is 2.98. The molecule has 1 aromatic carbocycles. The molecule has 0 unspecified atom stereocenters. The number of hydrogen-bond donors (Lipinski definition) is 0. The van der Waals surface area contributed by atoms with Crippen LogP contribution in [-0.4, -0.2) is 5.97 Å². The van der Waals surface area contributed by atoms with E-state index in [1.807, 2.05) is 39.0 Å². The van der Waals surface area contributed by atoms with Crippen LogP contribution in [0.2, 0.25) is 0 Å². The van der Waals surface area contributed by atoms with E-state index in [2.05, 4.69) is 28.9 Å². The molecule has 18 heavy (non-hydrogen) atoms. The van der Waals surface area contributed by atoms with E-state index < -0.39 is 17.6 Å². The molecule has 1 rings (SSSR count). The summed E-state index contributed by atoms with van der Waals surface area (Å²) in [5.41, 5.74) is -0.163. The molecule has 100 valence electrons. The van der Waals surface area contributed by atoms with Gasteiger partial charge in [0.2, 0.25) is 0 Å². The molecule has 0 aliphatic carbocycles. The Morgan fingerprint density at radius 2 is 1.83 bits per heavy atom. The Morgan fingerprint density at radius 1 is 1.28 bits per heavy atom. The van der Waals surface area contributed by atoms with E-state index in [0.29, 0.717) is 0 Å². The van der Waals surface area contributed by atoms with Gasteiger partial charge in [0.15, 0.2) is 0 Å². The second-order valence-electron chi connectivity index (χ2n) is 4.88. The van der Waals surface area contributed by atoms with Crippen molar-refractivity contribution in [2.24, 2.45) is 5.41 Å². The summed E-state index contributed by atoms with van der Waals surface area (Å²) in [6, 6.07) is 10.3. The Morgan fingerprint density at radius 3 is 2.28 bits per heavy atom. The number of benzene rings is 1. The van der Waals surface area contributed by atoms with Gasteiger partial charge in [0.05, 0.1) is 0 Å². The van der Waals surface area contributed by atoms with E-state index in [0.717, 1.165) is 5.76 Å². The fraction of sp³-hybridized carbons (Fsp3) is 0.357. The van der Waals surface area contributed by atoms with Crippen LogP contribution in [0.15, 0.2) is 40.2 Å². The summed E-state index contributed by atoms with van der Waals surface area (Å²) in [7, 11) is 0. The van der Waals surface area contributed by atoms with Gasteiger partial charge in [-0.1, -0.05) is 0 Å². The molecule has 0 amide bonds. The summed E-state index contributed by atoms with van der Waals surface area (Å²) in [5.74, 6) is 0.488. The maximum absolute atomic E-state index is 11.2. The molecule has 0 aliphatic rings. The van der Waals surface area contributed by atoms with Gasteiger partial charge in [0, 0.05) is 0 Å². The summed E-state index contributed by atoms with van der Waals surface area (Å²) in [5, 5.41) is 0. The molecule has 0 saturated heterocycles. The average molecular weight is 425 g/mol.